The topological polar surface area (TPSA) is 98.1 Å². The molecule has 8 nitrogen and oxygen atoms in total. The Balaban J connectivity index is 1.63. The van der Waals surface area contributed by atoms with E-state index in [1.807, 2.05) is 56.3 Å². The number of urea groups is 1. The molecule has 0 aliphatic carbocycles. The molecule has 0 spiro atoms. The Morgan fingerprint density at radius 2 is 1.97 bits per heavy atom. The van der Waals surface area contributed by atoms with Gasteiger partial charge in [-0.2, -0.15) is 0 Å². The molecule has 0 bridgehead atoms. The third kappa shape index (κ3) is 5.18. The van der Waals surface area contributed by atoms with Gasteiger partial charge in [0.2, 0.25) is 5.91 Å². The number of nitrogens with one attached hydrogen (secondary N) is 2. The molecule has 0 aliphatic heterocycles. The van der Waals surface area contributed by atoms with Crippen LogP contribution in [-0.4, -0.2) is 39.1 Å². The largest absolute Gasteiger partial charge is 0.497 e. The van der Waals surface area contributed by atoms with Gasteiger partial charge in [-0.3, -0.25) is 14.7 Å². The second-order valence-electron chi connectivity index (χ2n) is 6.71. The number of thioether (sulfide) groups is 1. The Kier molecular flexibility index (Phi) is 6.73. The van der Waals surface area contributed by atoms with Crippen molar-refractivity contribution in [2.45, 2.75) is 31.2 Å². The number of nitrogens with zero attached hydrogens (tertiary/aromatic N) is 3. The number of hydrogen-bond donors (Lipinski definition) is 2. The normalized spacial score (nSPS) is 11.6. The van der Waals surface area contributed by atoms with E-state index in [0.29, 0.717) is 16.6 Å². The number of ether oxygens (including phenoxy) is 1. The van der Waals surface area contributed by atoms with Crippen LogP contribution in [0.2, 0.25) is 0 Å². The highest BCUT2D eigenvalue weighted by Crippen LogP contribution is 2.25. The van der Waals surface area contributed by atoms with Crippen molar-refractivity contribution >= 4 is 29.4 Å². The minimum Gasteiger partial charge on any atom is -0.497 e. The average Bonchev–Trinajstić information content (AvgIpc) is 3.18. The summed E-state index contributed by atoms with van der Waals surface area (Å²) in [4.78, 5) is 24.7. The van der Waals surface area contributed by atoms with E-state index in [0.717, 1.165) is 16.8 Å². The summed E-state index contributed by atoms with van der Waals surface area (Å²) in [6.45, 7) is 5.58. The number of rotatable bonds is 6. The predicted octanol–water partition coefficient (Wildman–Crippen LogP) is 3.72. The summed E-state index contributed by atoms with van der Waals surface area (Å²) in [6, 6.07) is 12.5. The van der Waals surface area contributed by atoms with Crippen LogP contribution in [0.4, 0.5) is 10.5 Å². The number of carbonyl (C=O) groups is 2. The lowest BCUT2D eigenvalue weighted by atomic mass is 10.1. The number of hydrogen-bond acceptors (Lipinski definition) is 6. The molecule has 9 heteroatoms. The fraction of sp³-hybridized carbons (Fsp3) is 0.238. The second kappa shape index (κ2) is 9.45. The van der Waals surface area contributed by atoms with Gasteiger partial charge in [-0.1, -0.05) is 35.5 Å². The molecule has 156 valence electrons. The van der Waals surface area contributed by atoms with Crippen molar-refractivity contribution in [1.82, 2.24) is 20.1 Å². The lowest BCUT2D eigenvalue weighted by Crippen LogP contribution is -2.39. The highest BCUT2D eigenvalue weighted by Gasteiger charge is 2.20. The Morgan fingerprint density at radius 1 is 1.17 bits per heavy atom. The summed E-state index contributed by atoms with van der Waals surface area (Å²) in [6.07, 6.45) is 1.56. The molecule has 1 heterocycles. The molecule has 0 saturated carbocycles. The first-order chi connectivity index (χ1) is 14.4. The number of methoxy groups -OCH3 is 1. The summed E-state index contributed by atoms with van der Waals surface area (Å²) < 4.78 is 7.01. The van der Waals surface area contributed by atoms with Crippen LogP contribution in [0, 0.1) is 13.8 Å². The van der Waals surface area contributed by atoms with E-state index < -0.39 is 17.2 Å². The standard InChI is InChI=1S/C21H23N5O3S/c1-13-8-9-18(14(2)10-13)23-20(28)24-19(27)15(3)30-21-25-22-12-26(21)16-6-5-7-17(11-16)29-4/h5-12,15H,1-4H3,(H2,23,24,27,28). The molecule has 2 aromatic carbocycles. The molecule has 3 aromatic rings. The first-order valence-corrected chi connectivity index (χ1v) is 10.2. The van der Waals surface area contributed by atoms with Crippen molar-refractivity contribution < 1.29 is 14.3 Å². The molecule has 2 N–H and O–H groups in total. The van der Waals surface area contributed by atoms with E-state index in [1.54, 1.807) is 24.9 Å². The summed E-state index contributed by atoms with van der Waals surface area (Å²) in [5, 5.41) is 13.1. The van der Waals surface area contributed by atoms with Gasteiger partial charge in [-0.25, -0.2) is 4.79 Å². The minimum absolute atomic E-state index is 0.428. The van der Waals surface area contributed by atoms with E-state index in [1.165, 1.54) is 11.8 Å². The lowest BCUT2D eigenvalue weighted by Gasteiger charge is -2.13. The number of imide groups is 1. The van der Waals surface area contributed by atoms with Crippen LogP contribution in [0.5, 0.6) is 5.75 Å². The summed E-state index contributed by atoms with van der Waals surface area (Å²) in [5.41, 5.74) is 3.48. The molecule has 1 aromatic heterocycles. The Bertz CT molecular complexity index is 1070. The monoisotopic (exact) mass is 425 g/mol. The number of anilines is 1. The second-order valence-corrected chi connectivity index (χ2v) is 8.01. The average molecular weight is 426 g/mol. The Morgan fingerprint density at radius 3 is 2.70 bits per heavy atom. The smallest absolute Gasteiger partial charge is 0.325 e. The number of carbonyl (C=O) groups excluding carboxylic acids is 2. The van der Waals surface area contributed by atoms with Gasteiger partial charge in [0.15, 0.2) is 5.16 Å². The molecule has 30 heavy (non-hydrogen) atoms. The van der Waals surface area contributed by atoms with Crippen LogP contribution in [0.1, 0.15) is 18.1 Å². The van der Waals surface area contributed by atoms with Crippen molar-refractivity contribution in [2.75, 3.05) is 12.4 Å². The van der Waals surface area contributed by atoms with Crippen molar-refractivity contribution in [2.24, 2.45) is 0 Å². The zero-order valence-electron chi connectivity index (χ0n) is 17.2. The number of aryl methyl sites for hydroxylation is 2. The number of benzene rings is 2. The van der Waals surface area contributed by atoms with Crippen molar-refractivity contribution in [3.8, 4) is 11.4 Å². The molecular formula is C21H23N5O3S. The molecular weight excluding hydrogens is 402 g/mol. The SMILES string of the molecule is COc1cccc(-n2cnnc2SC(C)C(=O)NC(=O)Nc2ccc(C)cc2C)c1. The fourth-order valence-corrected chi connectivity index (χ4v) is 3.62. The third-order valence-corrected chi connectivity index (χ3v) is 5.42. The third-order valence-electron chi connectivity index (χ3n) is 4.37. The quantitative estimate of drug-likeness (QED) is 0.584. The van der Waals surface area contributed by atoms with E-state index >= 15 is 0 Å². The van der Waals surface area contributed by atoms with E-state index in [2.05, 4.69) is 20.8 Å². The van der Waals surface area contributed by atoms with Gasteiger partial charge in [-0.15, -0.1) is 10.2 Å². The van der Waals surface area contributed by atoms with Gasteiger partial charge in [0.1, 0.15) is 12.1 Å². The maximum atomic E-state index is 12.5. The van der Waals surface area contributed by atoms with Crippen LogP contribution in [0.25, 0.3) is 5.69 Å². The van der Waals surface area contributed by atoms with E-state index in [9.17, 15) is 9.59 Å². The zero-order chi connectivity index (χ0) is 21.7. The highest BCUT2D eigenvalue weighted by molar-refractivity contribution is 8.00. The molecule has 1 unspecified atom stereocenters. The van der Waals surface area contributed by atoms with Gasteiger partial charge in [0, 0.05) is 11.8 Å². The summed E-state index contributed by atoms with van der Waals surface area (Å²) in [7, 11) is 1.59. The van der Waals surface area contributed by atoms with E-state index in [4.69, 9.17) is 4.74 Å². The van der Waals surface area contributed by atoms with Gasteiger partial charge in [0.25, 0.3) is 0 Å². The molecule has 1 atom stereocenters. The first kappa shape index (κ1) is 21.4. The van der Waals surface area contributed by atoms with Crippen molar-refractivity contribution in [3.05, 3.63) is 59.9 Å². The van der Waals surface area contributed by atoms with Crippen LogP contribution in [0.3, 0.4) is 0 Å². The van der Waals surface area contributed by atoms with Crippen LogP contribution < -0.4 is 15.4 Å². The molecule has 0 fully saturated rings. The summed E-state index contributed by atoms with van der Waals surface area (Å²) >= 11 is 1.20. The zero-order valence-corrected chi connectivity index (χ0v) is 18.0. The van der Waals surface area contributed by atoms with Gasteiger partial charge >= 0.3 is 6.03 Å². The predicted molar refractivity (Wildman–Crippen MR) is 116 cm³/mol. The van der Waals surface area contributed by atoms with E-state index in [-0.39, 0.29) is 0 Å². The highest BCUT2D eigenvalue weighted by atomic mass is 32.2. The van der Waals surface area contributed by atoms with Crippen LogP contribution >= 0.6 is 11.8 Å². The molecule has 3 amide bonds. The van der Waals surface area contributed by atoms with Crippen LogP contribution in [-0.2, 0) is 4.79 Å². The van der Waals surface area contributed by atoms with Gasteiger partial charge < -0.3 is 10.1 Å². The maximum absolute atomic E-state index is 12.5. The van der Waals surface area contributed by atoms with Gasteiger partial charge in [-0.05, 0) is 44.5 Å². The number of amides is 3. The molecule has 0 radical (unpaired) electrons. The lowest BCUT2D eigenvalue weighted by molar-refractivity contribution is -0.119. The fourth-order valence-electron chi connectivity index (χ4n) is 2.77. The maximum Gasteiger partial charge on any atom is 0.325 e. The summed E-state index contributed by atoms with van der Waals surface area (Å²) in [5.74, 6) is 0.272. The number of aromatic nitrogens is 3. The first-order valence-electron chi connectivity index (χ1n) is 9.27. The van der Waals surface area contributed by atoms with Crippen molar-refractivity contribution in [3.63, 3.8) is 0 Å². The molecule has 0 aliphatic rings. The Hall–Kier alpha value is -3.33. The molecule has 3 rings (SSSR count). The minimum atomic E-state index is -0.575. The van der Waals surface area contributed by atoms with Crippen molar-refractivity contribution in [1.29, 1.82) is 0 Å². The molecule has 0 saturated heterocycles. The van der Waals surface area contributed by atoms with Crippen LogP contribution in [0.15, 0.2) is 53.9 Å². The van der Waals surface area contributed by atoms with Gasteiger partial charge in [0.05, 0.1) is 18.0 Å². The Labute approximate surface area is 179 Å².